The molecule has 1 aliphatic heterocycles. The molecule has 2 atom stereocenters. The number of likely N-dealkylation sites (tertiary alicyclic amines) is 1. The molecule has 1 saturated heterocycles. The minimum absolute atomic E-state index is 1.06. The first-order chi connectivity index (χ1) is 5.90. The monoisotopic (exact) mass is 168 g/mol. The molecule has 12 heavy (non-hydrogen) atoms. The molecule has 0 spiro atoms. The number of hydrogen-bond donors (Lipinski definition) is 1. The summed E-state index contributed by atoms with van der Waals surface area (Å²) >= 11 is 0. The van der Waals surface area contributed by atoms with Crippen LogP contribution in [0.5, 0.6) is 0 Å². The van der Waals surface area contributed by atoms with Gasteiger partial charge >= 0.3 is 0 Å². The summed E-state index contributed by atoms with van der Waals surface area (Å²) in [6.45, 7) is 5.17. The Kier molecular flexibility index (Phi) is 2.66. The van der Waals surface area contributed by atoms with Crippen LogP contribution in [0.2, 0.25) is 0 Å². The van der Waals surface area contributed by atoms with Crippen LogP contribution in [0.25, 0.3) is 0 Å². The average Bonchev–Trinajstić information content (AvgIpc) is 2.58. The quantitative estimate of drug-likeness (QED) is 0.674. The molecule has 0 radical (unpaired) electrons. The fraction of sp³-hybridized carbons (Fsp3) is 1.00. The van der Waals surface area contributed by atoms with Crippen molar-refractivity contribution in [1.82, 2.24) is 10.2 Å². The van der Waals surface area contributed by atoms with E-state index < -0.39 is 0 Å². The smallest absolute Gasteiger partial charge is 0.0107 e. The largest absolute Gasteiger partial charge is 0.318 e. The molecule has 2 aliphatic rings. The summed E-state index contributed by atoms with van der Waals surface area (Å²) in [5.41, 5.74) is 0. The molecule has 1 aliphatic carbocycles. The van der Waals surface area contributed by atoms with E-state index in [0.29, 0.717) is 0 Å². The predicted molar refractivity (Wildman–Crippen MR) is 51.2 cm³/mol. The van der Waals surface area contributed by atoms with E-state index in [0.717, 1.165) is 18.4 Å². The maximum Gasteiger partial charge on any atom is 0.0107 e. The molecule has 1 saturated carbocycles. The van der Waals surface area contributed by atoms with Crippen molar-refractivity contribution in [2.24, 2.45) is 11.8 Å². The Morgan fingerprint density at radius 3 is 2.50 bits per heavy atom. The lowest BCUT2D eigenvalue weighted by Gasteiger charge is -2.15. The molecule has 0 amide bonds. The molecule has 2 unspecified atom stereocenters. The molecule has 1 heterocycles. The molecule has 2 rings (SSSR count). The van der Waals surface area contributed by atoms with Gasteiger partial charge in [0, 0.05) is 26.2 Å². The predicted octanol–water partition coefficient (Wildman–Crippen LogP) is 0.938. The van der Waals surface area contributed by atoms with Crippen molar-refractivity contribution in [1.29, 1.82) is 0 Å². The van der Waals surface area contributed by atoms with Crippen LogP contribution in [0.1, 0.15) is 19.3 Å². The van der Waals surface area contributed by atoms with Gasteiger partial charge in [-0.25, -0.2) is 0 Å². The van der Waals surface area contributed by atoms with Gasteiger partial charge < -0.3 is 10.2 Å². The van der Waals surface area contributed by atoms with E-state index in [4.69, 9.17) is 0 Å². The van der Waals surface area contributed by atoms with Crippen molar-refractivity contribution < 1.29 is 0 Å². The fourth-order valence-corrected chi connectivity index (χ4v) is 2.78. The topological polar surface area (TPSA) is 15.3 Å². The minimum atomic E-state index is 1.06. The van der Waals surface area contributed by atoms with Gasteiger partial charge in [0.25, 0.3) is 0 Å². The van der Waals surface area contributed by atoms with Crippen LogP contribution >= 0.6 is 0 Å². The fourth-order valence-electron chi connectivity index (χ4n) is 2.78. The van der Waals surface area contributed by atoms with Gasteiger partial charge in [-0.1, -0.05) is 6.42 Å². The molecule has 0 bridgehead atoms. The SMILES string of the molecule is CNCCN1CC2CCCC2C1. The second-order valence-corrected chi connectivity index (χ2v) is 4.31. The lowest BCUT2D eigenvalue weighted by molar-refractivity contribution is 0.312. The van der Waals surface area contributed by atoms with Crippen molar-refractivity contribution in [2.75, 3.05) is 33.2 Å². The van der Waals surface area contributed by atoms with E-state index in [1.807, 2.05) is 7.05 Å². The molecule has 0 aromatic carbocycles. The average molecular weight is 168 g/mol. The first kappa shape index (κ1) is 8.52. The van der Waals surface area contributed by atoms with Gasteiger partial charge in [-0.3, -0.25) is 0 Å². The standard InChI is InChI=1S/C10H20N2/c1-11-5-6-12-7-9-3-2-4-10(9)8-12/h9-11H,2-8H2,1H3. The number of hydrogen-bond acceptors (Lipinski definition) is 2. The molecule has 2 heteroatoms. The summed E-state index contributed by atoms with van der Waals surface area (Å²) in [5.74, 6) is 2.11. The van der Waals surface area contributed by atoms with Crippen LogP contribution in [0.15, 0.2) is 0 Å². The third-order valence-corrected chi connectivity index (χ3v) is 3.48. The van der Waals surface area contributed by atoms with Crippen LogP contribution < -0.4 is 5.32 Å². The highest BCUT2D eigenvalue weighted by molar-refractivity contribution is 4.88. The Labute approximate surface area is 75.3 Å². The van der Waals surface area contributed by atoms with Gasteiger partial charge in [-0.05, 0) is 31.7 Å². The van der Waals surface area contributed by atoms with Crippen molar-refractivity contribution in [3.63, 3.8) is 0 Å². The lowest BCUT2D eigenvalue weighted by Crippen LogP contribution is -2.29. The Balaban J connectivity index is 1.75. The van der Waals surface area contributed by atoms with Crippen molar-refractivity contribution in [2.45, 2.75) is 19.3 Å². The molecule has 0 aromatic rings. The molecule has 2 nitrogen and oxygen atoms in total. The summed E-state index contributed by atoms with van der Waals surface area (Å²) in [6.07, 6.45) is 4.50. The first-order valence-electron chi connectivity index (χ1n) is 5.27. The van der Waals surface area contributed by atoms with Gasteiger partial charge in [0.15, 0.2) is 0 Å². The number of nitrogens with one attached hydrogen (secondary N) is 1. The maximum absolute atomic E-state index is 3.22. The van der Waals surface area contributed by atoms with E-state index in [-0.39, 0.29) is 0 Å². The van der Waals surface area contributed by atoms with Crippen molar-refractivity contribution in [3.8, 4) is 0 Å². The highest BCUT2D eigenvalue weighted by atomic mass is 15.2. The summed E-state index contributed by atoms with van der Waals surface area (Å²) in [6, 6.07) is 0. The van der Waals surface area contributed by atoms with Crippen molar-refractivity contribution in [3.05, 3.63) is 0 Å². The van der Waals surface area contributed by atoms with Gasteiger partial charge in [-0.15, -0.1) is 0 Å². The zero-order valence-electron chi connectivity index (χ0n) is 8.05. The Morgan fingerprint density at radius 2 is 1.92 bits per heavy atom. The normalized spacial score (nSPS) is 35.8. The van der Waals surface area contributed by atoms with Gasteiger partial charge in [0.1, 0.15) is 0 Å². The van der Waals surface area contributed by atoms with E-state index in [1.165, 1.54) is 38.9 Å². The van der Waals surface area contributed by atoms with E-state index in [2.05, 4.69) is 10.2 Å². The van der Waals surface area contributed by atoms with Crippen LogP contribution in [-0.2, 0) is 0 Å². The summed E-state index contributed by atoms with van der Waals surface area (Å²) in [7, 11) is 2.04. The minimum Gasteiger partial charge on any atom is -0.318 e. The van der Waals surface area contributed by atoms with Gasteiger partial charge in [-0.2, -0.15) is 0 Å². The highest BCUT2D eigenvalue weighted by Crippen LogP contribution is 2.37. The number of fused-ring (bicyclic) bond motifs is 1. The number of rotatable bonds is 3. The van der Waals surface area contributed by atoms with Gasteiger partial charge in [0.05, 0.1) is 0 Å². The summed E-state index contributed by atoms with van der Waals surface area (Å²) < 4.78 is 0. The molecule has 1 N–H and O–H groups in total. The van der Waals surface area contributed by atoms with E-state index in [1.54, 1.807) is 0 Å². The van der Waals surface area contributed by atoms with Crippen LogP contribution in [-0.4, -0.2) is 38.1 Å². The van der Waals surface area contributed by atoms with E-state index in [9.17, 15) is 0 Å². The highest BCUT2D eigenvalue weighted by Gasteiger charge is 2.35. The molecular weight excluding hydrogens is 148 g/mol. The molecule has 2 fully saturated rings. The summed E-state index contributed by atoms with van der Waals surface area (Å²) in [4.78, 5) is 2.63. The van der Waals surface area contributed by atoms with Crippen LogP contribution in [0.3, 0.4) is 0 Å². The Hall–Kier alpha value is -0.0800. The number of likely N-dealkylation sites (N-methyl/N-ethyl adjacent to an activating group) is 1. The maximum atomic E-state index is 3.22. The zero-order chi connectivity index (χ0) is 8.39. The van der Waals surface area contributed by atoms with Gasteiger partial charge in [0.2, 0.25) is 0 Å². The lowest BCUT2D eigenvalue weighted by atomic mass is 10.0. The van der Waals surface area contributed by atoms with Crippen molar-refractivity contribution >= 4 is 0 Å². The summed E-state index contributed by atoms with van der Waals surface area (Å²) in [5, 5.41) is 3.22. The van der Waals surface area contributed by atoms with Crippen LogP contribution in [0, 0.1) is 11.8 Å². The first-order valence-corrected chi connectivity index (χ1v) is 5.27. The second kappa shape index (κ2) is 3.75. The zero-order valence-corrected chi connectivity index (χ0v) is 8.05. The Morgan fingerprint density at radius 1 is 1.25 bits per heavy atom. The second-order valence-electron chi connectivity index (χ2n) is 4.31. The molecular formula is C10H20N2. The van der Waals surface area contributed by atoms with Crippen LogP contribution in [0.4, 0.5) is 0 Å². The third-order valence-electron chi connectivity index (χ3n) is 3.48. The van der Waals surface area contributed by atoms with E-state index >= 15 is 0 Å². The molecule has 70 valence electrons. The third kappa shape index (κ3) is 1.64. The molecule has 0 aromatic heterocycles. The number of nitrogens with zero attached hydrogens (tertiary/aromatic N) is 1. The Bertz CT molecular complexity index is 135.